The number of pyridine rings is 1. The van der Waals surface area contributed by atoms with Gasteiger partial charge >= 0.3 is 6.36 Å². The molecule has 0 aliphatic carbocycles. The van der Waals surface area contributed by atoms with Gasteiger partial charge in [-0.15, -0.1) is 13.2 Å². The average molecular weight is 245 g/mol. The fraction of sp³-hybridized carbons (Fsp3) is 0.400. The zero-order chi connectivity index (χ0) is 13.1. The second-order valence-electron chi connectivity index (χ2n) is 3.26. The standard InChI is InChI=1S/C10H10F3N3O/c1-6-8(2-3-14)9(17-10(11,12)13)7(4-15)5-16-6/h5H,2,4,15H2,1H3. The molecule has 0 unspecified atom stereocenters. The molecule has 2 N–H and O–H groups in total. The molecular weight excluding hydrogens is 235 g/mol. The Labute approximate surface area is 95.8 Å². The van der Waals surface area contributed by atoms with Crippen LogP contribution in [0.4, 0.5) is 13.2 Å². The van der Waals surface area contributed by atoms with Gasteiger partial charge in [0.25, 0.3) is 0 Å². The first-order valence-corrected chi connectivity index (χ1v) is 4.69. The van der Waals surface area contributed by atoms with Crippen LogP contribution in [0.1, 0.15) is 16.8 Å². The summed E-state index contributed by atoms with van der Waals surface area (Å²) in [5.74, 6) is -0.408. The minimum Gasteiger partial charge on any atom is -0.405 e. The Morgan fingerprint density at radius 3 is 2.65 bits per heavy atom. The number of aryl methyl sites for hydroxylation is 1. The van der Waals surface area contributed by atoms with E-state index >= 15 is 0 Å². The number of halogens is 3. The molecule has 92 valence electrons. The summed E-state index contributed by atoms with van der Waals surface area (Å²) in [4.78, 5) is 3.88. The van der Waals surface area contributed by atoms with Crippen molar-refractivity contribution in [3.05, 3.63) is 23.0 Å². The van der Waals surface area contributed by atoms with Gasteiger partial charge in [0.1, 0.15) is 5.75 Å². The van der Waals surface area contributed by atoms with Crippen LogP contribution < -0.4 is 10.5 Å². The van der Waals surface area contributed by atoms with Crippen molar-refractivity contribution in [3.8, 4) is 11.8 Å². The number of nitriles is 1. The molecule has 17 heavy (non-hydrogen) atoms. The lowest BCUT2D eigenvalue weighted by atomic mass is 10.1. The van der Waals surface area contributed by atoms with E-state index in [2.05, 4.69) is 9.72 Å². The Kier molecular flexibility index (Phi) is 3.91. The largest absolute Gasteiger partial charge is 0.573 e. The van der Waals surface area contributed by atoms with Crippen LogP contribution >= 0.6 is 0 Å². The van der Waals surface area contributed by atoms with Gasteiger partial charge in [0, 0.05) is 29.6 Å². The summed E-state index contributed by atoms with van der Waals surface area (Å²) in [6.07, 6.45) is -3.81. The number of nitrogens with two attached hydrogens (primary N) is 1. The molecular formula is C10H10F3N3O. The molecule has 0 saturated carbocycles. The minimum atomic E-state index is -4.82. The SMILES string of the molecule is Cc1ncc(CN)c(OC(F)(F)F)c1CC#N. The first kappa shape index (κ1) is 13.3. The molecule has 0 aliphatic heterocycles. The molecule has 7 heteroatoms. The van der Waals surface area contributed by atoms with Crippen LogP contribution in [0.25, 0.3) is 0 Å². The van der Waals surface area contributed by atoms with Crippen molar-refractivity contribution >= 4 is 0 Å². The van der Waals surface area contributed by atoms with Gasteiger partial charge in [-0.3, -0.25) is 4.98 Å². The highest BCUT2D eigenvalue weighted by Crippen LogP contribution is 2.31. The third kappa shape index (κ3) is 3.32. The second kappa shape index (κ2) is 5.01. The van der Waals surface area contributed by atoms with Crippen molar-refractivity contribution in [1.82, 2.24) is 4.98 Å². The van der Waals surface area contributed by atoms with E-state index < -0.39 is 12.1 Å². The summed E-state index contributed by atoms with van der Waals surface area (Å²) in [5, 5.41) is 8.58. The van der Waals surface area contributed by atoms with E-state index in [1.807, 2.05) is 0 Å². The van der Waals surface area contributed by atoms with E-state index in [9.17, 15) is 13.2 Å². The van der Waals surface area contributed by atoms with Gasteiger partial charge < -0.3 is 10.5 Å². The predicted molar refractivity (Wildman–Crippen MR) is 52.9 cm³/mol. The van der Waals surface area contributed by atoms with Gasteiger partial charge in [-0.1, -0.05) is 0 Å². The normalized spacial score (nSPS) is 11.1. The van der Waals surface area contributed by atoms with E-state index in [0.717, 1.165) is 0 Å². The Morgan fingerprint density at radius 1 is 1.53 bits per heavy atom. The lowest BCUT2D eigenvalue weighted by molar-refractivity contribution is -0.275. The van der Waals surface area contributed by atoms with Gasteiger partial charge in [-0.2, -0.15) is 5.26 Å². The number of hydrogen-bond donors (Lipinski definition) is 1. The quantitative estimate of drug-likeness (QED) is 0.881. The maximum absolute atomic E-state index is 12.2. The Balaban J connectivity index is 3.30. The summed E-state index contributed by atoms with van der Waals surface area (Å²) in [5.41, 5.74) is 5.88. The van der Waals surface area contributed by atoms with E-state index in [1.54, 1.807) is 6.07 Å². The second-order valence-corrected chi connectivity index (χ2v) is 3.26. The number of hydrogen-bond acceptors (Lipinski definition) is 4. The maximum Gasteiger partial charge on any atom is 0.573 e. The highest BCUT2D eigenvalue weighted by atomic mass is 19.4. The summed E-state index contributed by atoms with van der Waals surface area (Å²) in [7, 11) is 0. The van der Waals surface area contributed by atoms with Crippen molar-refractivity contribution in [3.63, 3.8) is 0 Å². The van der Waals surface area contributed by atoms with Gasteiger partial charge in [0.05, 0.1) is 12.5 Å². The monoisotopic (exact) mass is 245 g/mol. The van der Waals surface area contributed by atoms with Gasteiger partial charge in [-0.05, 0) is 6.92 Å². The van der Waals surface area contributed by atoms with Crippen molar-refractivity contribution in [2.45, 2.75) is 26.3 Å². The fourth-order valence-electron chi connectivity index (χ4n) is 1.34. The number of rotatable bonds is 3. The average Bonchev–Trinajstić information content (AvgIpc) is 2.22. The first-order valence-electron chi connectivity index (χ1n) is 4.69. The minimum absolute atomic E-state index is 0.118. The van der Waals surface area contributed by atoms with Gasteiger partial charge in [0.2, 0.25) is 0 Å². The molecule has 1 rings (SSSR count). The molecule has 0 atom stereocenters. The molecule has 0 fully saturated rings. The Bertz CT molecular complexity index is 451. The van der Waals surface area contributed by atoms with Crippen LogP contribution in [0.15, 0.2) is 6.20 Å². The van der Waals surface area contributed by atoms with Crippen LogP contribution in [0.2, 0.25) is 0 Å². The molecule has 1 aromatic heterocycles. The number of nitrogens with zero attached hydrogens (tertiary/aromatic N) is 2. The van der Waals surface area contributed by atoms with Crippen molar-refractivity contribution < 1.29 is 17.9 Å². The van der Waals surface area contributed by atoms with E-state index in [-0.39, 0.29) is 24.1 Å². The zero-order valence-electron chi connectivity index (χ0n) is 9.01. The maximum atomic E-state index is 12.2. The molecule has 0 radical (unpaired) electrons. The third-order valence-corrected chi connectivity index (χ3v) is 2.11. The highest BCUT2D eigenvalue weighted by Gasteiger charge is 2.33. The van der Waals surface area contributed by atoms with Crippen LogP contribution in [-0.2, 0) is 13.0 Å². The van der Waals surface area contributed by atoms with Crippen molar-refractivity contribution in [2.75, 3.05) is 0 Å². The molecule has 1 aromatic rings. The van der Waals surface area contributed by atoms with E-state index in [1.165, 1.54) is 13.1 Å². The van der Waals surface area contributed by atoms with Gasteiger partial charge in [-0.25, -0.2) is 0 Å². The number of aromatic nitrogens is 1. The smallest absolute Gasteiger partial charge is 0.405 e. The Hall–Kier alpha value is -1.81. The van der Waals surface area contributed by atoms with Crippen LogP contribution in [-0.4, -0.2) is 11.3 Å². The van der Waals surface area contributed by atoms with Crippen molar-refractivity contribution in [1.29, 1.82) is 5.26 Å². The predicted octanol–water partition coefficient (Wildman–Crippen LogP) is 1.81. The highest BCUT2D eigenvalue weighted by molar-refractivity contribution is 5.44. The lowest BCUT2D eigenvalue weighted by Gasteiger charge is -2.16. The topological polar surface area (TPSA) is 71.9 Å². The lowest BCUT2D eigenvalue weighted by Crippen LogP contribution is -2.20. The summed E-state index contributed by atoms with van der Waals surface area (Å²) in [6, 6.07) is 1.77. The van der Waals surface area contributed by atoms with Crippen LogP contribution in [0.5, 0.6) is 5.75 Å². The van der Waals surface area contributed by atoms with Crippen LogP contribution in [0.3, 0.4) is 0 Å². The summed E-state index contributed by atoms with van der Waals surface area (Å²) >= 11 is 0. The number of ether oxygens (including phenoxy) is 1. The molecule has 0 bridgehead atoms. The molecule has 0 aliphatic rings. The number of alkyl halides is 3. The molecule has 1 heterocycles. The molecule has 0 saturated heterocycles. The van der Waals surface area contributed by atoms with Gasteiger partial charge in [0.15, 0.2) is 0 Å². The molecule has 0 aromatic carbocycles. The summed E-state index contributed by atoms with van der Waals surface area (Å²) < 4.78 is 40.6. The summed E-state index contributed by atoms with van der Waals surface area (Å²) in [6.45, 7) is 1.37. The Morgan fingerprint density at radius 2 is 2.18 bits per heavy atom. The molecule has 4 nitrogen and oxygen atoms in total. The van der Waals surface area contributed by atoms with E-state index in [0.29, 0.717) is 5.69 Å². The van der Waals surface area contributed by atoms with E-state index in [4.69, 9.17) is 11.0 Å². The molecule has 0 amide bonds. The third-order valence-electron chi connectivity index (χ3n) is 2.11. The zero-order valence-corrected chi connectivity index (χ0v) is 9.01. The van der Waals surface area contributed by atoms with Crippen molar-refractivity contribution in [2.24, 2.45) is 5.73 Å². The van der Waals surface area contributed by atoms with Crippen LogP contribution in [0, 0.1) is 18.3 Å². The molecule has 0 spiro atoms. The fourth-order valence-corrected chi connectivity index (χ4v) is 1.34. The first-order chi connectivity index (χ1) is 7.89.